The number of para-hydroxylation sites is 2. The second kappa shape index (κ2) is 10.0. The van der Waals surface area contributed by atoms with Crippen molar-refractivity contribution in [2.24, 2.45) is 0 Å². The Morgan fingerprint density at radius 3 is 2.47 bits per heavy atom. The van der Waals surface area contributed by atoms with Crippen LogP contribution < -0.4 is 10.1 Å². The molecule has 0 atom stereocenters. The molecule has 0 saturated carbocycles. The lowest BCUT2D eigenvalue weighted by Crippen LogP contribution is -2.15. The van der Waals surface area contributed by atoms with Crippen LogP contribution in [-0.2, 0) is 4.79 Å². The van der Waals surface area contributed by atoms with E-state index in [1.165, 1.54) is 18.2 Å². The molecule has 4 rings (SSSR count). The summed E-state index contributed by atoms with van der Waals surface area (Å²) < 4.78 is 7.02. The molecular weight excluding hydrogens is 458 g/mol. The fourth-order valence-electron chi connectivity index (χ4n) is 3.18. The molecule has 0 saturated heterocycles. The Bertz CT molecular complexity index is 1320. The number of anilines is 1. The maximum atomic E-state index is 12.5. The summed E-state index contributed by atoms with van der Waals surface area (Å²) in [5.74, 6) is 0.860. The van der Waals surface area contributed by atoms with E-state index in [4.69, 9.17) is 4.74 Å². The molecule has 1 aromatic heterocycles. The molecule has 0 aliphatic heterocycles. The van der Waals surface area contributed by atoms with Gasteiger partial charge in [-0.05, 0) is 54.6 Å². The lowest BCUT2D eigenvalue weighted by Gasteiger charge is -2.11. The van der Waals surface area contributed by atoms with Crippen LogP contribution in [0.1, 0.15) is 0 Å². The van der Waals surface area contributed by atoms with Gasteiger partial charge in [-0.25, -0.2) is 0 Å². The minimum absolute atomic E-state index is 0.0457. The van der Waals surface area contributed by atoms with E-state index < -0.39 is 10.8 Å². The Kier molecular flexibility index (Phi) is 6.74. The molecule has 0 unspecified atom stereocenters. The third kappa shape index (κ3) is 4.99. The summed E-state index contributed by atoms with van der Waals surface area (Å²) in [5, 5.41) is 32.4. The van der Waals surface area contributed by atoms with Gasteiger partial charge in [0.05, 0.1) is 17.8 Å². The van der Waals surface area contributed by atoms with E-state index in [0.717, 1.165) is 23.0 Å². The Morgan fingerprint density at radius 1 is 1.09 bits per heavy atom. The zero-order valence-corrected chi connectivity index (χ0v) is 18.7. The summed E-state index contributed by atoms with van der Waals surface area (Å²) in [6, 6.07) is 19.8. The molecule has 0 aliphatic rings. The summed E-state index contributed by atoms with van der Waals surface area (Å²) in [7, 11) is 1.58. The Morgan fingerprint density at radius 2 is 1.79 bits per heavy atom. The molecule has 0 aliphatic carbocycles. The van der Waals surface area contributed by atoms with Crippen molar-refractivity contribution in [1.82, 2.24) is 14.8 Å². The van der Waals surface area contributed by atoms with Gasteiger partial charge >= 0.3 is 0 Å². The summed E-state index contributed by atoms with van der Waals surface area (Å²) in [6.45, 7) is 0. The second-order valence-electron chi connectivity index (χ2n) is 7.00. The van der Waals surface area contributed by atoms with Crippen LogP contribution >= 0.6 is 11.8 Å². The number of aromatic hydroxyl groups is 1. The van der Waals surface area contributed by atoms with Gasteiger partial charge in [-0.2, -0.15) is 0 Å². The highest BCUT2D eigenvalue weighted by molar-refractivity contribution is 7.99. The van der Waals surface area contributed by atoms with Crippen LogP contribution in [0.4, 0.5) is 11.4 Å². The zero-order chi connectivity index (χ0) is 24.1. The number of nitro groups is 1. The molecule has 10 nitrogen and oxygen atoms in total. The Balaban J connectivity index is 1.61. The van der Waals surface area contributed by atoms with E-state index in [0.29, 0.717) is 16.7 Å². The molecule has 3 aromatic carbocycles. The number of aromatic nitrogens is 3. The van der Waals surface area contributed by atoms with Gasteiger partial charge in [0, 0.05) is 17.3 Å². The molecule has 0 bridgehead atoms. The molecule has 1 amide bonds. The molecule has 0 spiro atoms. The van der Waals surface area contributed by atoms with Gasteiger partial charge < -0.3 is 15.2 Å². The zero-order valence-electron chi connectivity index (χ0n) is 17.9. The third-order valence-electron chi connectivity index (χ3n) is 4.80. The number of amides is 1. The standard InChI is InChI=1S/C23H19N5O5S/c1-33-18-12-8-16(9-13-18)27-22(15-6-10-17(29)11-7-15)25-26-23(27)34-14-21(30)24-19-4-2-3-5-20(19)28(31)32/h2-13,29H,14H2,1H3,(H,24,30). The van der Waals surface area contributed by atoms with Crippen molar-refractivity contribution in [1.29, 1.82) is 0 Å². The van der Waals surface area contributed by atoms with Crippen molar-refractivity contribution in [2.45, 2.75) is 5.16 Å². The highest BCUT2D eigenvalue weighted by Gasteiger charge is 2.19. The highest BCUT2D eigenvalue weighted by atomic mass is 32.2. The number of ether oxygens (including phenoxy) is 1. The van der Waals surface area contributed by atoms with Crippen LogP contribution in [-0.4, -0.2) is 43.6 Å². The van der Waals surface area contributed by atoms with E-state index in [1.54, 1.807) is 54.1 Å². The number of thioether (sulfide) groups is 1. The van der Waals surface area contributed by atoms with Gasteiger partial charge in [0.25, 0.3) is 5.69 Å². The van der Waals surface area contributed by atoms with Crippen LogP contribution in [0.3, 0.4) is 0 Å². The number of benzene rings is 3. The number of phenolic OH excluding ortho intramolecular Hbond substituents is 1. The monoisotopic (exact) mass is 477 g/mol. The van der Waals surface area contributed by atoms with Gasteiger partial charge in [0.1, 0.15) is 17.2 Å². The van der Waals surface area contributed by atoms with Crippen LogP contribution in [0.15, 0.2) is 78.0 Å². The first kappa shape index (κ1) is 22.8. The number of phenols is 1. The maximum absolute atomic E-state index is 12.5. The third-order valence-corrected chi connectivity index (χ3v) is 5.73. The van der Waals surface area contributed by atoms with Crippen molar-refractivity contribution in [3.8, 4) is 28.6 Å². The number of rotatable bonds is 8. The average Bonchev–Trinajstić information content (AvgIpc) is 3.27. The number of hydrogen-bond acceptors (Lipinski definition) is 8. The van der Waals surface area contributed by atoms with Gasteiger partial charge in [0.2, 0.25) is 5.91 Å². The number of nitrogens with one attached hydrogen (secondary N) is 1. The molecular formula is C23H19N5O5S. The number of methoxy groups -OCH3 is 1. The molecule has 34 heavy (non-hydrogen) atoms. The van der Waals surface area contributed by atoms with E-state index in [1.807, 2.05) is 12.1 Å². The Hall–Kier alpha value is -4.38. The van der Waals surface area contributed by atoms with Crippen molar-refractivity contribution in [2.75, 3.05) is 18.2 Å². The van der Waals surface area contributed by atoms with Crippen LogP contribution in [0.25, 0.3) is 17.1 Å². The fraction of sp³-hybridized carbons (Fsp3) is 0.0870. The summed E-state index contributed by atoms with van der Waals surface area (Å²) in [5.41, 5.74) is 1.41. The van der Waals surface area contributed by atoms with E-state index in [2.05, 4.69) is 15.5 Å². The predicted octanol–water partition coefficient (Wildman–Crippen LogP) is 4.29. The largest absolute Gasteiger partial charge is 0.508 e. The summed E-state index contributed by atoms with van der Waals surface area (Å²) >= 11 is 1.14. The van der Waals surface area contributed by atoms with Crippen LogP contribution in [0, 0.1) is 10.1 Å². The average molecular weight is 478 g/mol. The van der Waals surface area contributed by atoms with E-state index in [9.17, 15) is 20.0 Å². The molecule has 11 heteroatoms. The Labute approximate surface area is 198 Å². The lowest BCUT2D eigenvalue weighted by molar-refractivity contribution is -0.383. The van der Waals surface area contributed by atoms with Gasteiger partial charge in [-0.1, -0.05) is 23.9 Å². The number of carbonyl (C=O) groups excluding carboxylic acids is 1. The minimum Gasteiger partial charge on any atom is -0.508 e. The number of carbonyl (C=O) groups is 1. The normalized spacial score (nSPS) is 10.6. The topological polar surface area (TPSA) is 132 Å². The summed E-state index contributed by atoms with van der Waals surface area (Å²) in [6.07, 6.45) is 0. The van der Waals surface area contributed by atoms with Gasteiger partial charge in [-0.3, -0.25) is 19.5 Å². The van der Waals surface area contributed by atoms with E-state index in [-0.39, 0.29) is 22.9 Å². The van der Waals surface area contributed by atoms with Crippen LogP contribution in [0.5, 0.6) is 11.5 Å². The molecule has 4 aromatic rings. The quantitative estimate of drug-likeness (QED) is 0.218. The predicted molar refractivity (Wildman–Crippen MR) is 127 cm³/mol. The first-order valence-electron chi connectivity index (χ1n) is 10.0. The van der Waals surface area contributed by atoms with Crippen molar-refractivity contribution in [3.63, 3.8) is 0 Å². The number of nitrogens with zero attached hydrogens (tertiary/aromatic N) is 4. The van der Waals surface area contributed by atoms with Gasteiger partial charge in [-0.15, -0.1) is 10.2 Å². The second-order valence-corrected chi connectivity index (χ2v) is 7.94. The first-order chi connectivity index (χ1) is 16.5. The molecule has 0 fully saturated rings. The number of nitro benzene ring substituents is 1. The molecule has 0 radical (unpaired) electrons. The van der Waals surface area contributed by atoms with Crippen molar-refractivity contribution < 1.29 is 19.6 Å². The summed E-state index contributed by atoms with van der Waals surface area (Å²) in [4.78, 5) is 23.2. The molecule has 1 heterocycles. The minimum atomic E-state index is -0.549. The highest BCUT2D eigenvalue weighted by Crippen LogP contribution is 2.30. The van der Waals surface area contributed by atoms with Crippen LogP contribution in [0.2, 0.25) is 0 Å². The van der Waals surface area contributed by atoms with Crippen molar-refractivity contribution >= 4 is 29.0 Å². The fourth-order valence-corrected chi connectivity index (χ4v) is 3.93. The van der Waals surface area contributed by atoms with Crippen molar-refractivity contribution in [3.05, 3.63) is 82.9 Å². The van der Waals surface area contributed by atoms with Gasteiger partial charge in [0.15, 0.2) is 11.0 Å². The maximum Gasteiger partial charge on any atom is 0.292 e. The lowest BCUT2D eigenvalue weighted by atomic mass is 10.2. The molecule has 172 valence electrons. The smallest absolute Gasteiger partial charge is 0.292 e. The number of hydrogen-bond donors (Lipinski definition) is 2. The molecule has 2 N–H and O–H groups in total. The van der Waals surface area contributed by atoms with E-state index >= 15 is 0 Å². The SMILES string of the molecule is COc1ccc(-n2c(SCC(=O)Nc3ccccc3[N+](=O)[O-])nnc2-c2ccc(O)cc2)cc1. The first-order valence-corrected chi connectivity index (χ1v) is 11.0.